The van der Waals surface area contributed by atoms with E-state index in [1.54, 1.807) is 14.2 Å². The number of methoxy groups -OCH3 is 2. The summed E-state index contributed by atoms with van der Waals surface area (Å²) in [5.41, 5.74) is 0. The molecule has 19 heavy (non-hydrogen) atoms. The number of hydrogen-bond acceptors (Lipinski definition) is 4. The molecule has 1 atom stereocenters. The van der Waals surface area contributed by atoms with Gasteiger partial charge in [0.15, 0.2) is 0 Å². The Kier molecular flexibility index (Phi) is 14.1. The fourth-order valence-corrected chi connectivity index (χ4v) is 2.22. The first-order chi connectivity index (χ1) is 9.24. The Balaban J connectivity index is 3.65. The molecule has 0 rings (SSSR count). The van der Waals surface area contributed by atoms with Crippen LogP contribution in [0.5, 0.6) is 0 Å². The van der Waals surface area contributed by atoms with E-state index < -0.39 is 0 Å². The van der Waals surface area contributed by atoms with Crippen molar-refractivity contribution >= 4 is 0 Å². The molecule has 4 nitrogen and oxygen atoms in total. The summed E-state index contributed by atoms with van der Waals surface area (Å²) in [6.07, 6.45) is 4.94. The fraction of sp³-hybridized carbons (Fsp3) is 1.00. The maximum absolute atomic E-state index is 5.17. The van der Waals surface area contributed by atoms with E-state index in [4.69, 9.17) is 9.47 Å². The van der Waals surface area contributed by atoms with Gasteiger partial charge < -0.3 is 19.7 Å². The topological polar surface area (TPSA) is 33.7 Å². The van der Waals surface area contributed by atoms with Crippen LogP contribution in [0.4, 0.5) is 0 Å². The van der Waals surface area contributed by atoms with Crippen LogP contribution >= 0.6 is 0 Å². The second-order valence-corrected chi connectivity index (χ2v) is 5.14. The highest BCUT2D eigenvalue weighted by Crippen LogP contribution is 2.03. The molecule has 0 amide bonds. The molecule has 0 bridgehead atoms. The molecule has 0 saturated heterocycles. The summed E-state index contributed by atoms with van der Waals surface area (Å²) in [5.74, 6) is 0. The van der Waals surface area contributed by atoms with Crippen LogP contribution in [0.25, 0.3) is 0 Å². The highest BCUT2D eigenvalue weighted by atomic mass is 16.5. The predicted molar refractivity (Wildman–Crippen MR) is 81.8 cm³/mol. The third-order valence-electron chi connectivity index (χ3n) is 3.35. The highest BCUT2D eigenvalue weighted by Gasteiger charge is 2.05. The minimum atomic E-state index is 0.644. The lowest BCUT2D eigenvalue weighted by Gasteiger charge is -2.22. The Morgan fingerprint density at radius 3 is 2.26 bits per heavy atom. The molecule has 0 aliphatic carbocycles. The van der Waals surface area contributed by atoms with Gasteiger partial charge in [-0.2, -0.15) is 0 Å². The number of nitrogens with one attached hydrogen (secondary N) is 1. The van der Waals surface area contributed by atoms with Gasteiger partial charge in [0.25, 0.3) is 0 Å². The van der Waals surface area contributed by atoms with Crippen molar-refractivity contribution < 1.29 is 9.47 Å². The molecule has 0 spiro atoms. The predicted octanol–water partition coefficient (Wildman–Crippen LogP) is 2.14. The van der Waals surface area contributed by atoms with Crippen LogP contribution in [0.2, 0.25) is 0 Å². The van der Waals surface area contributed by atoms with Gasteiger partial charge in [-0.15, -0.1) is 0 Å². The summed E-state index contributed by atoms with van der Waals surface area (Å²) in [5, 5.41) is 3.46. The minimum absolute atomic E-state index is 0.644. The van der Waals surface area contributed by atoms with Crippen LogP contribution in [-0.4, -0.2) is 64.6 Å². The number of rotatable bonds is 14. The number of ether oxygens (including phenoxy) is 2. The van der Waals surface area contributed by atoms with Crippen molar-refractivity contribution in [3.8, 4) is 0 Å². The molecular formula is C15H34N2O2. The lowest BCUT2D eigenvalue weighted by atomic mass is 10.1. The number of unbranched alkanes of at least 4 members (excludes halogenated alkanes) is 1. The van der Waals surface area contributed by atoms with Gasteiger partial charge in [-0.05, 0) is 39.3 Å². The molecule has 0 aromatic carbocycles. The summed E-state index contributed by atoms with van der Waals surface area (Å²) >= 11 is 0. The third-order valence-corrected chi connectivity index (χ3v) is 3.35. The van der Waals surface area contributed by atoms with Crippen molar-refractivity contribution in [2.45, 2.75) is 45.6 Å². The first kappa shape index (κ1) is 18.8. The van der Waals surface area contributed by atoms with Crippen molar-refractivity contribution in [1.29, 1.82) is 0 Å². The zero-order valence-corrected chi connectivity index (χ0v) is 13.4. The fourth-order valence-electron chi connectivity index (χ4n) is 2.22. The molecule has 0 radical (unpaired) electrons. The van der Waals surface area contributed by atoms with E-state index in [2.05, 4.69) is 24.1 Å². The lowest BCUT2D eigenvalue weighted by Crippen LogP contribution is -2.30. The largest absolute Gasteiger partial charge is 0.385 e. The molecule has 1 unspecified atom stereocenters. The highest BCUT2D eigenvalue weighted by molar-refractivity contribution is 4.62. The summed E-state index contributed by atoms with van der Waals surface area (Å²) in [6, 6.07) is 0.644. The molecule has 1 N–H and O–H groups in total. The second-order valence-electron chi connectivity index (χ2n) is 5.14. The number of nitrogens with zero attached hydrogens (tertiary/aromatic N) is 1. The average Bonchev–Trinajstić information content (AvgIpc) is 2.40. The minimum Gasteiger partial charge on any atom is -0.385 e. The standard InChI is InChI=1S/C15H34N2O2/c1-5-16-15(2)9-6-7-10-17(12-14-19-4)11-8-13-18-3/h15-16H,5-14H2,1-4H3. The van der Waals surface area contributed by atoms with Crippen molar-refractivity contribution in [2.24, 2.45) is 0 Å². The summed E-state index contributed by atoms with van der Waals surface area (Å²) in [7, 11) is 3.53. The van der Waals surface area contributed by atoms with Gasteiger partial charge in [0.1, 0.15) is 0 Å². The molecule has 0 aromatic rings. The van der Waals surface area contributed by atoms with Crippen molar-refractivity contribution in [3.63, 3.8) is 0 Å². The zero-order chi connectivity index (χ0) is 14.3. The molecule has 0 fully saturated rings. The van der Waals surface area contributed by atoms with Gasteiger partial charge >= 0.3 is 0 Å². The molecule has 4 heteroatoms. The molecule has 116 valence electrons. The second kappa shape index (κ2) is 14.3. The molecule has 0 aliphatic heterocycles. The van der Waals surface area contributed by atoms with Crippen LogP contribution in [0.1, 0.15) is 39.5 Å². The van der Waals surface area contributed by atoms with E-state index in [9.17, 15) is 0 Å². The molecular weight excluding hydrogens is 240 g/mol. The maximum atomic E-state index is 5.17. The van der Waals surface area contributed by atoms with Gasteiger partial charge in [-0.1, -0.05) is 13.3 Å². The van der Waals surface area contributed by atoms with E-state index in [1.165, 1.54) is 25.8 Å². The van der Waals surface area contributed by atoms with Gasteiger partial charge in [-0.3, -0.25) is 0 Å². The summed E-state index contributed by atoms with van der Waals surface area (Å²) in [4.78, 5) is 2.49. The monoisotopic (exact) mass is 274 g/mol. The van der Waals surface area contributed by atoms with E-state index in [1.807, 2.05) is 0 Å². The van der Waals surface area contributed by atoms with Gasteiger partial charge in [-0.25, -0.2) is 0 Å². The quantitative estimate of drug-likeness (QED) is 0.492. The summed E-state index contributed by atoms with van der Waals surface area (Å²) in [6.45, 7) is 10.5. The Morgan fingerprint density at radius 2 is 1.63 bits per heavy atom. The van der Waals surface area contributed by atoms with Crippen LogP contribution in [0.15, 0.2) is 0 Å². The van der Waals surface area contributed by atoms with Crippen LogP contribution in [0, 0.1) is 0 Å². The van der Waals surface area contributed by atoms with E-state index in [0.717, 1.165) is 39.3 Å². The maximum Gasteiger partial charge on any atom is 0.0589 e. The van der Waals surface area contributed by atoms with Crippen molar-refractivity contribution in [1.82, 2.24) is 10.2 Å². The van der Waals surface area contributed by atoms with Crippen molar-refractivity contribution in [3.05, 3.63) is 0 Å². The normalized spacial score (nSPS) is 13.1. The van der Waals surface area contributed by atoms with Crippen LogP contribution < -0.4 is 5.32 Å². The Hall–Kier alpha value is -0.160. The van der Waals surface area contributed by atoms with Gasteiger partial charge in [0, 0.05) is 40.0 Å². The van der Waals surface area contributed by atoms with Crippen molar-refractivity contribution in [2.75, 3.05) is 53.6 Å². The van der Waals surface area contributed by atoms with E-state index in [-0.39, 0.29) is 0 Å². The molecule has 0 heterocycles. The zero-order valence-electron chi connectivity index (χ0n) is 13.4. The van der Waals surface area contributed by atoms with Gasteiger partial charge in [0.05, 0.1) is 6.61 Å². The lowest BCUT2D eigenvalue weighted by molar-refractivity contribution is 0.131. The number of hydrogen-bond donors (Lipinski definition) is 1. The molecule has 0 aliphatic rings. The Labute approximate surface area is 119 Å². The molecule has 0 aromatic heterocycles. The SMILES string of the molecule is CCNC(C)CCCCN(CCCOC)CCOC. The smallest absolute Gasteiger partial charge is 0.0589 e. The van der Waals surface area contributed by atoms with E-state index in [0.29, 0.717) is 6.04 Å². The van der Waals surface area contributed by atoms with E-state index >= 15 is 0 Å². The average molecular weight is 274 g/mol. The Bertz CT molecular complexity index is 180. The third kappa shape index (κ3) is 12.6. The van der Waals surface area contributed by atoms with Gasteiger partial charge in [0.2, 0.25) is 0 Å². The first-order valence-electron chi connectivity index (χ1n) is 7.68. The van der Waals surface area contributed by atoms with Crippen LogP contribution in [-0.2, 0) is 9.47 Å². The molecule has 0 saturated carbocycles. The van der Waals surface area contributed by atoms with Crippen LogP contribution in [0.3, 0.4) is 0 Å². The summed E-state index contributed by atoms with van der Waals surface area (Å²) < 4.78 is 10.3. The first-order valence-corrected chi connectivity index (χ1v) is 7.68. The Morgan fingerprint density at radius 1 is 0.947 bits per heavy atom.